The Hall–Kier alpha value is -0.940. The molecule has 0 fully saturated rings. The van der Waals surface area contributed by atoms with Gasteiger partial charge in [-0.1, -0.05) is 45.9 Å². The molecule has 0 amide bonds. The zero-order chi connectivity index (χ0) is 18.4. The Morgan fingerprint density at radius 1 is 0.750 bits per heavy atom. The van der Waals surface area contributed by atoms with Crippen molar-refractivity contribution in [1.29, 1.82) is 0 Å². The number of benzene rings is 1. The van der Waals surface area contributed by atoms with E-state index in [2.05, 4.69) is 33.8 Å². The molecule has 0 N–H and O–H groups in total. The second kappa shape index (κ2) is 8.95. The van der Waals surface area contributed by atoms with Gasteiger partial charge in [0.05, 0.1) is 13.2 Å². The molecular formula is C20H34O4. The molecule has 0 bridgehead atoms. The van der Waals surface area contributed by atoms with Gasteiger partial charge in [0.25, 0.3) is 0 Å². The molecule has 0 saturated carbocycles. The second-order valence-corrected chi connectivity index (χ2v) is 8.12. The number of hydrogen-bond acceptors (Lipinski definition) is 4. The first-order valence-electron chi connectivity index (χ1n) is 8.77. The quantitative estimate of drug-likeness (QED) is 0.425. The second-order valence-electron chi connectivity index (χ2n) is 8.12. The van der Waals surface area contributed by atoms with E-state index in [4.69, 9.17) is 19.6 Å². The van der Waals surface area contributed by atoms with Crippen LogP contribution in [0, 0.1) is 11.8 Å². The molecule has 4 heteroatoms. The first kappa shape index (κ1) is 21.1. The van der Waals surface area contributed by atoms with Gasteiger partial charge >= 0.3 is 0 Å². The fraction of sp³-hybridized carbons (Fsp3) is 0.700. The normalized spacial score (nSPS) is 13.1. The van der Waals surface area contributed by atoms with Gasteiger partial charge in [-0.3, -0.25) is 0 Å². The summed E-state index contributed by atoms with van der Waals surface area (Å²) in [5.74, 6) is 0.857. The lowest BCUT2D eigenvalue weighted by molar-refractivity contribution is -0.363. The average molecular weight is 338 g/mol. The summed E-state index contributed by atoms with van der Waals surface area (Å²) in [6.45, 7) is 17.5. The molecule has 1 rings (SSSR count). The third-order valence-electron chi connectivity index (χ3n) is 3.59. The van der Waals surface area contributed by atoms with E-state index in [1.165, 1.54) is 0 Å². The van der Waals surface area contributed by atoms with E-state index in [0.717, 1.165) is 11.1 Å². The molecule has 1 aromatic rings. The van der Waals surface area contributed by atoms with Gasteiger partial charge in [0, 0.05) is 0 Å². The van der Waals surface area contributed by atoms with Gasteiger partial charge in [-0.25, -0.2) is 19.6 Å². The van der Waals surface area contributed by atoms with E-state index < -0.39 is 11.2 Å². The zero-order valence-electron chi connectivity index (χ0n) is 16.5. The van der Waals surface area contributed by atoms with Gasteiger partial charge < -0.3 is 0 Å². The van der Waals surface area contributed by atoms with Crippen LogP contribution in [0.2, 0.25) is 0 Å². The lowest BCUT2D eigenvalue weighted by Gasteiger charge is -2.28. The van der Waals surface area contributed by atoms with Crippen molar-refractivity contribution in [1.82, 2.24) is 0 Å². The van der Waals surface area contributed by atoms with Crippen molar-refractivity contribution in [2.24, 2.45) is 11.8 Å². The average Bonchev–Trinajstić information content (AvgIpc) is 2.46. The summed E-state index contributed by atoms with van der Waals surface area (Å²) < 4.78 is 0. The molecule has 0 spiro atoms. The van der Waals surface area contributed by atoms with Crippen LogP contribution in [0.1, 0.15) is 66.5 Å². The Labute approximate surface area is 147 Å². The molecule has 24 heavy (non-hydrogen) atoms. The van der Waals surface area contributed by atoms with E-state index >= 15 is 0 Å². The molecule has 0 aliphatic carbocycles. The van der Waals surface area contributed by atoms with Crippen LogP contribution in [0.25, 0.3) is 0 Å². The van der Waals surface area contributed by atoms with Gasteiger partial charge in [-0.15, -0.1) is 0 Å². The molecule has 138 valence electrons. The topological polar surface area (TPSA) is 36.9 Å². The maximum absolute atomic E-state index is 5.63. The fourth-order valence-corrected chi connectivity index (χ4v) is 2.00. The van der Waals surface area contributed by atoms with Gasteiger partial charge in [-0.05, 0) is 56.7 Å². The van der Waals surface area contributed by atoms with Crippen molar-refractivity contribution in [2.75, 3.05) is 13.2 Å². The van der Waals surface area contributed by atoms with Crippen LogP contribution in [0.5, 0.6) is 0 Å². The smallest absolute Gasteiger partial charge is 0.123 e. The minimum atomic E-state index is -0.542. The molecular weight excluding hydrogens is 304 g/mol. The lowest BCUT2D eigenvalue weighted by atomic mass is 9.91. The molecule has 0 saturated heterocycles. The predicted molar refractivity (Wildman–Crippen MR) is 96.2 cm³/mol. The molecule has 0 aliphatic heterocycles. The first-order valence-corrected chi connectivity index (χ1v) is 8.77. The van der Waals surface area contributed by atoms with Gasteiger partial charge in [0.15, 0.2) is 0 Å². The van der Waals surface area contributed by atoms with E-state index in [0.29, 0.717) is 25.0 Å². The summed E-state index contributed by atoms with van der Waals surface area (Å²) in [6, 6.07) is 8.16. The van der Waals surface area contributed by atoms with Crippen LogP contribution >= 0.6 is 0 Å². The van der Waals surface area contributed by atoms with Gasteiger partial charge in [0.1, 0.15) is 11.2 Å². The van der Waals surface area contributed by atoms with Crippen LogP contribution < -0.4 is 0 Å². The third kappa shape index (κ3) is 6.89. The zero-order valence-corrected chi connectivity index (χ0v) is 16.5. The van der Waals surface area contributed by atoms with Crippen LogP contribution in [0.15, 0.2) is 24.3 Å². The van der Waals surface area contributed by atoms with E-state index in [1.54, 1.807) is 0 Å². The van der Waals surface area contributed by atoms with Crippen molar-refractivity contribution in [3.05, 3.63) is 35.4 Å². The molecule has 1 aromatic carbocycles. The summed E-state index contributed by atoms with van der Waals surface area (Å²) >= 11 is 0. The van der Waals surface area contributed by atoms with Gasteiger partial charge in [-0.2, -0.15) is 0 Å². The largest absolute Gasteiger partial charge is 0.236 e. The van der Waals surface area contributed by atoms with Gasteiger partial charge in [0.2, 0.25) is 0 Å². The first-order chi connectivity index (χ1) is 11.0. The molecule has 0 heterocycles. The maximum Gasteiger partial charge on any atom is 0.123 e. The minimum absolute atomic E-state index is 0.428. The van der Waals surface area contributed by atoms with Crippen molar-refractivity contribution < 1.29 is 19.6 Å². The SMILES string of the molecule is CC(C)COOC(C)(C)c1cccc(C(C)(C)OOCC(C)C)c1. The highest BCUT2D eigenvalue weighted by Gasteiger charge is 2.28. The summed E-state index contributed by atoms with van der Waals surface area (Å²) in [5, 5.41) is 0. The minimum Gasteiger partial charge on any atom is -0.236 e. The number of hydrogen-bond donors (Lipinski definition) is 0. The summed E-state index contributed by atoms with van der Waals surface area (Å²) in [6.07, 6.45) is 0. The Kier molecular flexibility index (Phi) is 7.87. The highest BCUT2D eigenvalue weighted by molar-refractivity contribution is 5.30. The Morgan fingerprint density at radius 3 is 1.46 bits per heavy atom. The standard InChI is InChI=1S/C20H34O4/c1-15(2)13-21-23-19(5,6)17-10-9-11-18(12-17)20(7,8)24-22-14-16(3)4/h9-12,15-16H,13-14H2,1-8H3. The molecule has 0 aromatic heterocycles. The third-order valence-corrected chi connectivity index (χ3v) is 3.59. The summed E-state index contributed by atoms with van der Waals surface area (Å²) in [4.78, 5) is 22.0. The molecule has 0 unspecified atom stereocenters. The maximum atomic E-state index is 5.63. The molecule has 0 radical (unpaired) electrons. The van der Waals surface area contributed by atoms with E-state index in [1.807, 2.05) is 45.9 Å². The van der Waals surface area contributed by atoms with Crippen LogP contribution in [0.4, 0.5) is 0 Å². The molecule has 0 atom stereocenters. The summed E-state index contributed by atoms with van der Waals surface area (Å²) in [7, 11) is 0. The van der Waals surface area contributed by atoms with Crippen molar-refractivity contribution in [3.8, 4) is 0 Å². The number of rotatable bonds is 10. The summed E-state index contributed by atoms with van der Waals surface area (Å²) in [5.41, 5.74) is 0.980. The highest BCUT2D eigenvalue weighted by atomic mass is 17.2. The van der Waals surface area contributed by atoms with Crippen molar-refractivity contribution in [2.45, 2.75) is 66.6 Å². The Morgan fingerprint density at radius 2 is 1.12 bits per heavy atom. The van der Waals surface area contributed by atoms with Crippen LogP contribution in [0.3, 0.4) is 0 Å². The highest BCUT2D eigenvalue weighted by Crippen LogP contribution is 2.31. The monoisotopic (exact) mass is 338 g/mol. The van der Waals surface area contributed by atoms with Crippen molar-refractivity contribution in [3.63, 3.8) is 0 Å². The molecule has 0 aliphatic rings. The van der Waals surface area contributed by atoms with Crippen LogP contribution in [-0.4, -0.2) is 13.2 Å². The fourth-order valence-electron chi connectivity index (χ4n) is 2.00. The Balaban J connectivity index is 2.80. The van der Waals surface area contributed by atoms with E-state index in [9.17, 15) is 0 Å². The van der Waals surface area contributed by atoms with Crippen molar-refractivity contribution >= 4 is 0 Å². The Bertz CT molecular complexity index is 451. The predicted octanol–water partition coefficient (Wildman–Crippen LogP) is 5.37. The molecule has 4 nitrogen and oxygen atoms in total. The lowest BCUT2D eigenvalue weighted by Crippen LogP contribution is -2.26. The van der Waals surface area contributed by atoms with E-state index in [-0.39, 0.29) is 0 Å². The van der Waals surface area contributed by atoms with Crippen LogP contribution in [-0.2, 0) is 30.8 Å².